The molecular weight excluding hydrogens is 385 g/mol. The summed E-state index contributed by atoms with van der Waals surface area (Å²) in [6.45, 7) is 0. The van der Waals surface area contributed by atoms with Gasteiger partial charge < -0.3 is 10.4 Å². The standard InChI is InChI=1S/C15H14INO2S/c16-14-8-11-12(5-2-6-13(11)20-14)17-10-4-1-3-9(7-10)15(18)19/h1,3-4,7-8,12,17H,2,5-6H2,(H,18,19). The summed E-state index contributed by atoms with van der Waals surface area (Å²) >= 11 is 4.23. The summed E-state index contributed by atoms with van der Waals surface area (Å²) in [5, 5.41) is 12.5. The van der Waals surface area contributed by atoms with Crippen LogP contribution >= 0.6 is 33.9 Å². The zero-order valence-electron chi connectivity index (χ0n) is 10.7. The molecule has 0 radical (unpaired) electrons. The van der Waals surface area contributed by atoms with E-state index in [0.29, 0.717) is 11.6 Å². The second-order valence-corrected chi connectivity index (χ2v) is 7.94. The molecular formula is C15H14INO2S. The van der Waals surface area contributed by atoms with Gasteiger partial charge in [0.15, 0.2) is 0 Å². The van der Waals surface area contributed by atoms with Crippen LogP contribution in [-0.2, 0) is 6.42 Å². The number of carbonyl (C=O) groups is 1. The molecule has 0 amide bonds. The Labute approximate surface area is 135 Å². The molecule has 5 heteroatoms. The van der Waals surface area contributed by atoms with Gasteiger partial charge in [0.25, 0.3) is 0 Å². The van der Waals surface area contributed by atoms with Crippen LogP contribution in [0.4, 0.5) is 5.69 Å². The Morgan fingerprint density at radius 1 is 1.40 bits per heavy atom. The molecule has 1 aromatic heterocycles. The summed E-state index contributed by atoms with van der Waals surface area (Å²) < 4.78 is 1.32. The number of benzene rings is 1. The van der Waals surface area contributed by atoms with Crippen molar-refractivity contribution in [1.82, 2.24) is 0 Å². The van der Waals surface area contributed by atoms with Crippen LogP contribution in [0.5, 0.6) is 0 Å². The lowest BCUT2D eigenvalue weighted by molar-refractivity contribution is 0.0697. The topological polar surface area (TPSA) is 49.3 Å². The number of fused-ring (bicyclic) bond motifs is 1. The van der Waals surface area contributed by atoms with Gasteiger partial charge in [0.1, 0.15) is 0 Å². The SMILES string of the molecule is O=C(O)c1cccc(NC2CCCc3sc(I)cc32)c1. The number of halogens is 1. The summed E-state index contributed by atoms with van der Waals surface area (Å²) in [4.78, 5) is 12.5. The van der Waals surface area contributed by atoms with Crippen molar-refractivity contribution in [1.29, 1.82) is 0 Å². The summed E-state index contributed by atoms with van der Waals surface area (Å²) in [5.74, 6) is -0.886. The highest BCUT2D eigenvalue weighted by atomic mass is 127. The summed E-state index contributed by atoms with van der Waals surface area (Å²) in [7, 11) is 0. The van der Waals surface area contributed by atoms with E-state index < -0.39 is 5.97 Å². The van der Waals surface area contributed by atoms with E-state index in [4.69, 9.17) is 5.11 Å². The monoisotopic (exact) mass is 399 g/mol. The molecule has 0 spiro atoms. The fourth-order valence-electron chi connectivity index (χ4n) is 2.61. The Morgan fingerprint density at radius 2 is 2.25 bits per heavy atom. The molecule has 2 aromatic rings. The van der Waals surface area contributed by atoms with Crippen LogP contribution in [0.15, 0.2) is 30.3 Å². The van der Waals surface area contributed by atoms with Gasteiger partial charge in [-0.3, -0.25) is 0 Å². The summed E-state index contributed by atoms with van der Waals surface area (Å²) in [6, 6.07) is 9.58. The third kappa shape index (κ3) is 2.83. The summed E-state index contributed by atoms with van der Waals surface area (Å²) in [6.07, 6.45) is 3.44. The minimum absolute atomic E-state index is 0.294. The Balaban J connectivity index is 1.85. The third-order valence-electron chi connectivity index (χ3n) is 3.53. The number of anilines is 1. The minimum atomic E-state index is -0.886. The maximum absolute atomic E-state index is 11.0. The molecule has 3 rings (SSSR count). The van der Waals surface area contributed by atoms with E-state index >= 15 is 0 Å². The summed E-state index contributed by atoms with van der Waals surface area (Å²) in [5.41, 5.74) is 2.58. The molecule has 1 atom stereocenters. The van der Waals surface area contributed by atoms with Crippen LogP contribution in [0.2, 0.25) is 0 Å². The van der Waals surface area contributed by atoms with E-state index in [1.54, 1.807) is 18.2 Å². The molecule has 0 saturated heterocycles. The van der Waals surface area contributed by atoms with Gasteiger partial charge in [0.05, 0.1) is 14.5 Å². The molecule has 2 N–H and O–H groups in total. The van der Waals surface area contributed by atoms with Crippen molar-refractivity contribution in [2.75, 3.05) is 5.32 Å². The van der Waals surface area contributed by atoms with Gasteiger partial charge in [-0.25, -0.2) is 4.79 Å². The van der Waals surface area contributed by atoms with Crippen LogP contribution in [0.1, 0.15) is 39.7 Å². The van der Waals surface area contributed by atoms with Crippen molar-refractivity contribution in [3.05, 3.63) is 49.2 Å². The van der Waals surface area contributed by atoms with Crippen LogP contribution < -0.4 is 5.32 Å². The minimum Gasteiger partial charge on any atom is -0.478 e. The van der Waals surface area contributed by atoms with Crippen molar-refractivity contribution < 1.29 is 9.90 Å². The van der Waals surface area contributed by atoms with Crippen LogP contribution in [0.25, 0.3) is 0 Å². The molecule has 104 valence electrons. The molecule has 1 heterocycles. The lowest BCUT2D eigenvalue weighted by Crippen LogP contribution is -2.15. The van der Waals surface area contributed by atoms with Crippen LogP contribution in [-0.4, -0.2) is 11.1 Å². The zero-order valence-corrected chi connectivity index (χ0v) is 13.7. The Morgan fingerprint density at radius 3 is 3.05 bits per heavy atom. The molecule has 0 saturated carbocycles. The van der Waals surface area contributed by atoms with E-state index in [1.807, 2.05) is 17.4 Å². The van der Waals surface area contributed by atoms with Gasteiger partial charge in [-0.2, -0.15) is 0 Å². The molecule has 20 heavy (non-hydrogen) atoms. The van der Waals surface area contributed by atoms with E-state index in [0.717, 1.165) is 18.5 Å². The number of rotatable bonds is 3. The van der Waals surface area contributed by atoms with Crippen LogP contribution in [0.3, 0.4) is 0 Å². The Bertz CT molecular complexity index is 653. The van der Waals surface area contributed by atoms with Crippen molar-refractivity contribution in [2.24, 2.45) is 0 Å². The van der Waals surface area contributed by atoms with Crippen molar-refractivity contribution in [2.45, 2.75) is 25.3 Å². The highest BCUT2D eigenvalue weighted by Gasteiger charge is 2.22. The van der Waals surface area contributed by atoms with E-state index in [-0.39, 0.29) is 0 Å². The van der Waals surface area contributed by atoms with E-state index in [2.05, 4.69) is 34.0 Å². The highest BCUT2D eigenvalue weighted by molar-refractivity contribution is 14.1. The molecule has 1 aliphatic rings. The molecule has 1 aliphatic carbocycles. The lowest BCUT2D eigenvalue weighted by Gasteiger charge is -2.24. The van der Waals surface area contributed by atoms with E-state index in [9.17, 15) is 4.79 Å². The number of nitrogens with one attached hydrogen (secondary N) is 1. The first kappa shape index (κ1) is 13.9. The first-order valence-electron chi connectivity index (χ1n) is 6.51. The predicted octanol–water partition coefficient (Wildman–Crippen LogP) is 4.54. The van der Waals surface area contributed by atoms with Crippen molar-refractivity contribution in [3.8, 4) is 0 Å². The number of aryl methyl sites for hydroxylation is 1. The van der Waals surface area contributed by atoms with Gasteiger partial charge in [-0.05, 0) is 71.7 Å². The zero-order chi connectivity index (χ0) is 14.1. The largest absolute Gasteiger partial charge is 0.478 e. The Kier molecular flexibility index (Phi) is 3.98. The second-order valence-electron chi connectivity index (χ2n) is 4.90. The maximum Gasteiger partial charge on any atom is 0.335 e. The number of thiophene rings is 1. The quantitative estimate of drug-likeness (QED) is 0.746. The first-order chi connectivity index (χ1) is 9.63. The van der Waals surface area contributed by atoms with Crippen LogP contribution in [0, 0.1) is 2.88 Å². The number of carboxylic acid groups (broad SMARTS) is 1. The van der Waals surface area contributed by atoms with E-state index in [1.165, 1.54) is 19.7 Å². The molecule has 0 aliphatic heterocycles. The molecule has 0 bridgehead atoms. The third-order valence-corrected chi connectivity index (χ3v) is 5.51. The number of carboxylic acids is 1. The average Bonchev–Trinajstić information content (AvgIpc) is 2.80. The normalized spacial score (nSPS) is 17.6. The van der Waals surface area contributed by atoms with Crippen molar-refractivity contribution >= 4 is 45.6 Å². The highest BCUT2D eigenvalue weighted by Crippen LogP contribution is 2.38. The molecule has 1 unspecified atom stereocenters. The second kappa shape index (κ2) is 5.73. The maximum atomic E-state index is 11.0. The Hall–Kier alpha value is -1.08. The lowest BCUT2D eigenvalue weighted by atomic mass is 9.94. The predicted molar refractivity (Wildman–Crippen MR) is 89.7 cm³/mol. The van der Waals surface area contributed by atoms with Gasteiger partial charge >= 0.3 is 5.97 Å². The van der Waals surface area contributed by atoms with Gasteiger partial charge in [-0.15, -0.1) is 11.3 Å². The molecule has 3 nitrogen and oxygen atoms in total. The van der Waals surface area contributed by atoms with Gasteiger partial charge in [0.2, 0.25) is 0 Å². The first-order valence-corrected chi connectivity index (χ1v) is 8.41. The molecule has 1 aromatic carbocycles. The average molecular weight is 399 g/mol. The number of hydrogen-bond donors (Lipinski definition) is 2. The van der Waals surface area contributed by atoms with Crippen molar-refractivity contribution in [3.63, 3.8) is 0 Å². The van der Waals surface area contributed by atoms with Gasteiger partial charge in [-0.1, -0.05) is 6.07 Å². The van der Waals surface area contributed by atoms with Gasteiger partial charge in [0, 0.05) is 10.6 Å². The molecule has 0 fully saturated rings. The fraction of sp³-hybridized carbons (Fsp3) is 0.267. The number of hydrogen-bond acceptors (Lipinski definition) is 3. The smallest absolute Gasteiger partial charge is 0.335 e. The number of aromatic carboxylic acids is 1. The fourth-order valence-corrected chi connectivity index (χ4v) is 4.73.